The molecule has 20 heavy (non-hydrogen) atoms. The van der Waals surface area contributed by atoms with Crippen LogP contribution in [0.5, 0.6) is 0 Å². The van der Waals surface area contributed by atoms with E-state index in [2.05, 4.69) is 59.6 Å². The number of anilines is 2. The first-order chi connectivity index (χ1) is 9.86. The van der Waals surface area contributed by atoms with Gasteiger partial charge < -0.3 is 10.2 Å². The average molecular weight is 267 g/mol. The van der Waals surface area contributed by atoms with E-state index < -0.39 is 0 Å². The second kappa shape index (κ2) is 6.06. The van der Waals surface area contributed by atoms with Gasteiger partial charge in [0.25, 0.3) is 0 Å². The molecule has 0 unspecified atom stereocenters. The van der Waals surface area contributed by atoms with Crippen molar-refractivity contribution in [3.63, 3.8) is 0 Å². The van der Waals surface area contributed by atoms with Gasteiger partial charge in [-0.2, -0.15) is 0 Å². The standard InChI is InChI=1S/C17H21N3/c1-2-20(16-8-4-3-5-9-16)17-10-6-7-15(19-17)13-18-14-11-12-14/h3-10,14,18H,2,11-13H2,1H3. The molecule has 2 aromatic rings. The van der Waals surface area contributed by atoms with Crippen LogP contribution in [0.1, 0.15) is 25.5 Å². The fraction of sp³-hybridized carbons (Fsp3) is 0.353. The molecule has 1 aliphatic carbocycles. The number of hydrogen-bond acceptors (Lipinski definition) is 3. The van der Waals surface area contributed by atoms with E-state index in [0.29, 0.717) is 0 Å². The first kappa shape index (κ1) is 13.1. The summed E-state index contributed by atoms with van der Waals surface area (Å²) in [5.41, 5.74) is 2.30. The lowest BCUT2D eigenvalue weighted by Crippen LogP contribution is -2.20. The summed E-state index contributed by atoms with van der Waals surface area (Å²) in [5.74, 6) is 1.02. The molecule has 104 valence electrons. The SMILES string of the molecule is CCN(c1ccccc1)c1cccc(CNC2CC2)n1. The molecule has 0 bridgehead atoms. The second-order valence-corrected chi connectivity index (χ2v) is 5.22. The van der Waals surface area contributed by atoms with Gasteiger partial charge in [0.1, 0.15) is 5.82 Å². The van der Waals surface area contributed by atoms with Crippen molar-refractivity contribution < 1.29 is 0 Å². The Labute approximate surface area is 120 Å². The van der Waals surface area contributed by atoms with Crippen LogP contribution in [0.25, 0.3) is 0 Å². The number of para-hydroxylation sites is 1. The lowest BCUT2D eigenvalue weighted by molar-refractivity contribution is 0.674. The number of rotatable bonds is 6. The van der Waals surface area contributed by atoms with Crippen molar-refractivity contribution in [2.75, 3.05) is 11.4 Å². The Morgan fingerprint density at radius 3 is 2.60 bits per heavy atom. The van der Waals surface area contributed by atoms with E-state index in [1.165, 1.54) is 18.5 Å². The van der Waals surface area contributed by atoms with Crippen LogP contribution >= 0.6 is 0 Å². The van der Waals surface area contributed by atoms with Crippen LogP contribution in [0, 0.1) is 0 Å². The van der Waals surface area contributed by atoms with Crippen LogP contribution in [0.15, 0.2) is 48.5 Å². The van der Waals surface area contributed by atoms with Gasteiger partial charge in [0.2, 0.25) is 0 Å². The van der Waals surface area contributed by atoms with Gasteiger partial charge >= 0.3 is 0 Å². The molecular weight excluding hydrogens is 246 g/mol. The number of pyridine rings is 1. The zero-order chi connectivity index (χ0) is 13.8. The van der Waals surface area contributed by atoms with Gasteiger partial charge in [0, 0.05) is 24.8 Å². The van der Waals surface area contributed by atoms with Crippen molar-refractivity contribution in [3.05, 3.63) is 54.2 Å². The molecule has 1 aromatic heterocycles. The summed E-state index contributed by atoms with van der Waals surface area (Å²) in [4.78, 5) is 7.02. The smallest absolute Gasteiger partial charge is 0.133 e. The van der Waals surface area contributed by atoms with E-state index in [9.17, 15) is 0 Å². The lowest BCUT2D eigenvalue weighted by atomic mass is 10.2. The summed E-state index contributed by atoms with van der Waals surface area (Å²) >= 11 is 0. The van der Waals surface area contributed by atoms with Crippen LogP contribution in [-0.4, -0.2) is 17.6 Å². The first-order valence-corrected chi connectivity index (χ1v) is 7.38. The molecule has 0 spiro atoms. The highest BCUT2D eigenvalue weighted by molar-refractivity contribution is 5.59. The van der Waals surface area contributed by atoms with Crippen LogP contribution in [-0.2, 0) is 6.54 Å². The molecule has 1 saturated carbocycles. The molecule has 1 heterocycles. The lowest BCUT2D eigenvalue weighted by Gasteiger charge is -2.22. The van der Waals surface area contributed by atoms with Gasteiger partial charge in [-0.3, -0.25) is 0 Å². The zero-order valence-corrected chi connectivity index (χ0v) is 11.9. The molecule has 1 aromatic carbocycles. The van der Waals surface area contributed by atoms with Crippen molar-refractivity contribution >= 4 is 11.5 Å². The number of nitrogens with zero attached hydrogens (tertiary/aromatic N) is 2. The molecule has 0 amide bonds. The van der Waals surface area contributed by atoms with Crippen molar-refractivity contribution in [3.8, 4) is 0 Å². The Balaban J connectivity index is 1.78. The van der Waals surface area contributed by atoms with E-state index in [4.69, 9.17) is 4.98 Å². The van der Waals surface area contributed by atoms with E-state index in [1.807, 2.05) is 6.07 Å². The van der Waals surface area contributed by atoms with Crippen LogP contribution < -0.4 is 10.2 Å². The topological polar surface area (TPSA) is 28.2 Å². The zero-order valence-electron chi connectivity index (χ0n) is 11.9. The Bertz CT molecular complexity index is 549. The van der Waals surface area contributed by atoms with Gasteiger partial charge in [-0.05, 0) is 44.0 Å². The number of hydrogen-bond donors (Lipinski definition) is 1. The Kier molecular flexibility index (Phi) is 3.97. The van der Waals surface area contributed by atoms with Gasteiger partial charge in [-0.25, -0.2) is 4.98 Å². The second-order valence-electron chi connectivity index (χ2n) is 5.22. The third-order valence-electron chi connectivity index (χ3n) is 3.60. The van der Waals surface area contributed by atoms with Gasteiger partial charge in [0.05, 0.1) is 5.69 Å². The van der Waals surface area contributed by atoms with E-state index in [0.717, 1.165) is 30.6 Å². The number of aromatic nitrogens is 1. The molecule has 3 heteroatoms. The normalized spacial score (nSPS) is 14.2. The molecule has 1 aliphatic rings. The highest BCUT2D eigenvalue weighted by Gasteiger charge is 2.20. The third kappa shape index (κ3) is 3.17. The molecule has 3 rings (SSSR count). The summed E-state index contributed by atoms with van der Waals surface area (Å²) in [5, 5.41) is 3.52. The summed E-state index contributed by atoms with van der Waals surface area (Å²) in [6, 6.07) is 17.4. The minimum absolute atomic E-state index is 0.719. The number of benzene rings is 1. The Morgan fingerprint density at radius 1 is 1.10 bits per heavy atom. The molecule has 3 nitrogen and oxygen atoms in total. The fourth-order valence-electron chi connectivity index (χ4n) is 2.34. The molecule has 0 atom stereocenters. The maximum absolute atomic E-state index is 4.78. The minimum atomic E-state index is 0.719. The Hall–Kier alpha value is -1.87. The van der Waals surface area contributed by atoms with Crippen LogP contribution in [0.4, 0.5) is 11.5 Å². The fourth-order valence-corrected chi connectivity index (χ4v) is 2.34. The van der Waals surface area contributed by atoms with Crippen molar-refractivity contribution in [1.29, 1.82) is 0 Å². The molecule has 0 saturated heterocycles. The Morgan fingerprint density at radius 2 is 1.90 bits per heavy atom. The van der Waals surface area contributed by atoms with Gasteiger partial charge in [0.15, 0.2) is 0 Å². The van der Waals surface area contributed by atoms with Crippen molar-refractivity contribution in [1.82, 2.24) is 10.3 Å². The van der Waals surface area contributed by atoms with Crippen molar-refractivity contribution in [2.24, 2.45) is 0 Å². The molecule has 1 fully saturated rings. The predicted octanol–water partition coefficient (Wildman–Crippen LogP) is 3.49. The monoisotopic (exact) mass is 267 g/mol. The summed E-state index contributed by atoms with van der Waals surface area (Å²) < 4.78 is 0. The third-order valence-corrected chi connectivity index (χ3v) is 3.60. The maximum Gasteiger partial charge on any atom is 0.133 e. The first-order valence-electron chi connectivity index (χ1n) is 7.38. The summed E-state index contributed by atoms with van der Waals surface area (Å²) in [7, 11) is 0. The van der Waals surface area contributed by atoms with Gasteiger partial charge in [-0.15, -0.1) is 0 Å². The number of nitrogens with one attached hydrogen (secondary N) is 1. The van der Waals surface area contributed by atoms with E-state index >= 15 is 0 Å². The quantitative estimate of drug-likeness (QED) is 0.868. The maximum atomic E-state index is 4.78. The minimum Gasteiger partial charge on any atom is -0.327 e. The van der Waals surface area contributed by atoms with Crippen molar-refractivity contribution in [2.45, 2.75) is 32.4 Å². The molecular formula is C17H21N3. The summed E-state index contributed by atoms with van der Waals surface area (Å²) in [6.07, 6.45) is 2.62. The van der Waals surface area contributed by atoms with Crippen LogP contribution in [0.2, 0.25) is 0 Å². The highest BCUT2D eigenvalue weighted by Crippen LogP contribution is 2.23. The molecule has 0 radical (unpaired) electrons. The average Bonchev–Trinajstić information content (AvgIpc) is 3.32. The summed E-state index contributed by atoms with van der Waals surface area (Å²) in [6.45, 7) is 3.94. The highest BCUT2D eigenvalue weighted by atomic mass is 15.2. The van der Waals surface area contributed by atoms with Gasteiger partial charge in [-0.1, -0.05) is 24.3 Å². The van der Waals surface area contributed by atoms with E-state index in [1.54, 1.807) is 0 Å². The molecule has 0 aliphatic heterocycles. The molecule has 1 N–H and O–H groups in total. The largest absolute Gasteiger partial charge is 0.327 e. The van der Waals surface area contributed by atoms with E-state index in [-0.39, 0.29) is 0 Å². The van der Waals surface area contributed by atoms with Crippen LogP contribution in [0.3, 0.4) is 0 Å². The predicted molar refractivity (Wildman–Crippen MR) is 83.2 cm³/mol.